The first kappa shape index (κ1) is 13.9. The maximum Gasteiger partial charge on any atom is 0.236 e. The van der Waals surface area contributed by atoms with Crippen LogP contribution < -0.4 is 16.4 Å². The number of carbonyl (C=O) groups is 2. The van der Waals surface area contributed by atoms with Crippen molar-refractivity contribution in [3.63, 3.8) is 0 Å². The van der Waals surface area contributed by atoms with Crippen LogP contribution in [0.5, 0.6) is 0 Å². The van der Waals surface area contributed by atoms with E-state index >= 15 is 0 Å². The number of amides is 2. The van der Waals surface area contributed by atoms with E-state index in [1.54, 1.807) is 20.9 Å². The van der Waals surface area contributed by atoms with E-state index in [4.69, 9.17) is 5.73 Å². The summed E-state index contributed by atoms with van der Waals surface area (Å²) in [7, 11) is 1.57. The van der Waals surface area contributed by atoms with Gasteiger partial charge in [-0.1, -0.05) is 6.92 Å². The molecular formula is C10H21N3O2. The molecule has 0 saturated heterocycles. The molecule has 0 aliphatic carbocycles. The summed E-state index contributed by atoms with van der Waals surface area (Å²) >= 11 is 0. The summed E-state index contributed by atoms with van der Waals surface area (Å²) in [5, 5.41) is 5.21. The molecule has 0 rings (SSSR count). The van der Waals surface area contributed by atoms with Gasteiger partial charge in [0.05, 0.1) is 11.5 Å². The molecule has 0 heterocycles. The molecule has 1 atom stereocenters. The highest BCUT2D eigenvalue weighted by Gasteiger charge is 2.27. The van der Waals surface area contributed by atoms with Gasteiger partial charge in [-0.05, 0) is 20.3 Å². The van der Waals surface area contributed by atoms with Crippen molar-refractivity contribution in [3.05, 3.63) is 0 Å². The summed E-state index contributed by atoms with van der Waals surface area (Å²) in [5.74, 6) is -0.317. The number of nitrogens with one attached hydrogen (secondary N) is 2. The average Bonchev–Trinajstić information content (AvgIpc) is 2.23. The number of nitrogens with two attached hydrogens (primary N) is 1. The molecule has 88 valence electrons. The van der Waals surface area contributed by atoms with Gasteiger partial charge in [-0.3, -0.25) is 9.59 Å². The molecule has 5 heteroatoms. The Balaban J connectivity index is 4.15. The minimum atomic E-state index is -0.613. The van der Waals surface area contributed by atoms with Gasteiger partial charge in [0, 0.05) is 13.6 Å². The van der Waals surface area contributed by atoms with Crippen LogP contribution in [0.1, 0.15) is 27.2 Å². The van der Waals surface area contributed by atoms with Crippen molar-refractivity contribution in [2.75, 3.05) is 13.6 Å². The first-order valence-electron chi connectivity index (χ1n) is 5.10. The van der Waals surface area contributed by atoms with Crippen molar-refractivity contribution >= 4 is 11.8 Å². The Labute approximate surface area is 90.8 Å². The zero-order chi connectivity index (χ0) is 12.1. The van der Waals surface area contributed by atoms with Crippen LogP contribution >= 0.6 is 0 Å². The molecule has 0 fully saturated rings. The molecule has 0 radical (unpaired) electrons. The Kier molecular flexibility index (Phi) is 5.28. The van der Waals surface area contributed by atoms with Crippen LogP contribution in [0.15, 0.2) is 0 Å². The van der Waals surface area contributed by atoms with Gasteiger partial charge in [-0.25, -0.2) is 0 Å². The molecule has 0 unspecified atom stereocenters. The molecule has 0 spiro atoms. The van der Waals surface area contributed by atoms with E-state index in [1.807, 2.05) is 6.92 Å². The molecule has 5 nitrogen and oxygen atoms in total. The van der Waals surface area contributed by atoms with Crippen LogP contribution in [0.25, 0.3) is 0 Å². The third-order valence-corrected chi connectivity index (χ3v) is 2.32. The van der Waals surface area contributed by atoms with Gasteiger partial charge in [0.1, 0.15) is 0 Å². The first-order chi connectivity index (χ1) is 6.85. The summed E-state index contributed by atoms with van der Waals surface area (Å²) < 4.78 is 0. The number of hydrogen-bond acceptors (Lipinski definition) is 3. The van der Waals surface area contributed by atoms with Gasteiger partial charge in [0.25, 0.3) is 0 Å². The van der Waals surface area contributed by atoms with E-state index in [2.05, 4.69) is 10.6 Å². The van der Waals surface area contributed by atoms with E-state index in [0.717, 1.165) is 0 Å². The molecule has 0 aromatic heterocycles. The van der Waals surface area contributed by atoms with Crippen molar-refractivity contribution in [2.24, 2.45) is 11.1 Å². The number of carbonyl (C=O) groups excluding carboxylic acids is 2. The predicted molar refractivity (Wildman–Crippen MR) is 59.1 cm³/mol. The van der Waals surface area contributed by atoms with Crippen molar-refractivity contribution < 1.29 is 9.59 Å². The highest BCUT2D eigenvalue weighted by atomic mass is 16.2. The maximum atomic E-state index is 11.4. The first-order valence-corrected chi connectivity index (χ1v) is 5.10. The van der Waals surface area contributed by atoms with Crippen molar-refractivity contribution in [1.82, 2.24) is 10.6 Å². The van der Waals surface area contributed by atoms with Crippen LogP contribution in [0.2, 0.25) is 0 Å². The zero-order valence-corrected chi connectivity index (χ0v) is 9.89. The summed E-state index contributed by atoms with van der Waals surface area (Å²) in [4.78, 5) is 22.8. The molecule has 0 aromatic carbocycles. The largest absolute Gasteiger partial charge is 0.359 e. The predicted octanol–water partition coefficient (Wildman–Crippen LogP) is -0.388. The fourth-order valence-corrected chi connectivity index (χ4v) is 1.04. The lowest BCUT2D eigenvalue weighted by Crippen LogP contribution is -2.48. The molecular weight excluding hydrogens is 194 g/mol. The Morgan fingerprint density at radius 2 is 1.93 bits per heavy atom. The smallest absolute Gasteiger partial charge is 0.236 e. The zero-order valence-electron chi connectivity index (χ0n) is 9.89. The van der Waals surface area contributed by atoms with E-state index in [-0.39, 0.29) is 11.8 Å². The highest BCUT2D eigenvalue weighted by Crippen LogP contribution is 2.13. The topological polar surface area (TPSA) is 84.2 Å². The second-order valence-electron chi connectivity index (χ2n) is 4.20. The molecule has 15 heavy (non-hydrogen) atoms. The van der Waals surface area contributed by atoms with Gasteiger partial charge in [0.2, 0.25) is 11.8 Å². The third-order valence-electron chi connectivity index (χ3n) is 2.32. The molecule has 0 aliphatic rings. The number of hydrogen-bond donors (Lipinski definition) is 3. The quantitative estimate of drug-likeness (QED) is 0.584. The minimum Gasteiger partial charge on any atom is -0.359 e. The Hall–Kier alpha value is -1.10. The SMILES string of the molecule is CC[C@H](N)C(=O)NCC(C)(C)C(=O)NC. The highest BCUT2D eigenvalue weighted by molar-refractivity contribution is 5.84. The van der Waals surface area contributed by atoms with E-state index in [1.165, 1.54) is 0 Å². The third kappa shape index (κ3) is 4.29. The standard InChI is InChI=1S/C10H21N3O2/c1-5-7(11)8(14)13-6-10(2,3)9(15)12-4/h7H,5-6,11H2,1-4H3,(H,12,15)(H,13,14)/t7-/m0/s1. The molecule has 0 bridgehead atoms. The lowest BCUT2D eigenvalue weighted by atomic mass is 9.92. The van der Waals surface area contributed by atoms with Crippen LogP contribution in [0, 0.1) is 5.41 Å². The van der Waals surface area contributed by atoms with Crippen LogP contribution in [-0.4, -0.2) is 31.4 Å². The minimum absolute atomic E-state index is 0.104. The second kappa shape index (κ2) is 5.70. The molecule has 0 aliphatic heterocycles. The van der Waals surface area contributed by atoms with Crippen molar-refractivity contribution in [3.8, 4) is 0 Å². The van der Waals surface area contributed by atoms with Crippen LogP contribution in [0.3, 0.4) is 0 Å². The summed E-state index contributed by atoms with van der Waals surface area (Å²) in [6.45, 7) is 5.67. The van der Waals surface area contributed by atoms with Gasteiger partial charge in [-0.2, -0.15) is 0 Å². The Morgan fingerprint density at radius 1 is 1.40 bits per heavy atom. The monoisotopic (exact) mass is 215 g/mol. The van der Waals surface area contributed by atoms with Gasteiger partial charge < -0.3 is 16.4 Å². The van der Waals surface area contributed by atoms with Gasteiger partial charge in [0.15, 0.2) is 0 Å². The van der Waals surface area contributed by atoms with Crippen molar-refractivity contribution in [1.29, 1.82) is 0 Å². The summed E-state index contributed by atoms with van der Waals surface area (Å²) in [6, 6.07) is -0.495. The lowest BCUT2D eigenvalue weighted by molar-refractivity contribution is -0.129. The van der Waals surface area contributed by atoms with E-state index in [0.29, 0.717) is 13.0 Å². The molecule has 2 amide bonds. The Morgan fingerprint density at radius 3 is 2.33 bits per heavy atom. The summed E-state index contributed by atoms with van der Waals surface area (Å²) in [5.41, 5.74) is 4.93. The van der Waals surface area contributed by atoms with Crippen molar-refractivity contribution in [2.45, 2.75) is 33.2 Å². The van der Waals surface area contributed by atoms with E-state index in [9.17, 15) is 9.59 Å². The molecule has 0 saturated carbocycles. The van der Waals surface area contributed by atoms with Crippen LogP contribution in [0.4, 0.5) is 0 Å². The summed E-state index contributed by atoms with van der Waals surface area (Å²) in [6.07, 6.45) is 0.590. The fraction of sp³-hybridized carbons (Fsp3) is 0.800. The molecule has 4 N–H and O–H groups in total. The Bertz CT molecular complexity index is 239. The van der Waals surface area contributed by atoms with Gasteiger partial charge >= 0.3 is 0 Å². The number of rotatable bonds is 5. The van der Waals surface area contributed by atoms with E-state index < -0.39 is 11.5 Å². The average molecular weight is 215 g/mol. The fourth-order valence-electron chi connectivity index (χ4n) is 1.04. The lowest BCUT2D eigenvalue weighted by Gasteiger charge is -2.23. The molecule has 0 aromatic rings. The van der Waals surface area contributed by atoms with Crippen LogP contribution in [-0.2, 0) is 9.59 Å². The van der Waals surface area contributed by atoms with Gasteiger partial charge in [-0.15, -0.1) is 0 Å². The maximum absolute atomic E-state index is 11.4. The second-order valence-corrected chi connectivity index (χ2v) is 4.20. The normalized spacial score (nSPS) is 13.1.